The van der Waals surface area contributed by atoms with E-state index in [1.54, 1.807) is 24.3 Å². The molecule has 1 atom stereocenters. The molecular weight excluding hydrogens is 480 g/mol. The maximum atomic E-state index is 14.8. The molecule has 2 aromatic rings. The van der Waals surface area contributed by atoms with Crippen LogP contribution in [-0.4, -0.2) is 38.6 Å². The Morgan fingerprint density at radius 1 is 1.22 bits per heavy atom. The molecule has 1 fully saturated rings. The van der Waals surface area contributed by atoms with Crippen LogP contribution >= 0.6 is 24.0 Å². The van der Waals surface area contributed by atoms with E-state index in [9.17, 15) is 22.4 Å². The third-order valence-corrected chi connectivity index (χ3v) is 7.45. The van der Waals surface area contributed by atoms with E-state index >= 15 is 0 Å². The van der Waals surface area contributed by atoms with Gasteiger partial charge in [0.15, 0.2) is 9.84 Å². The SMILES string of the molecule is Cl.N[C@H]1CS(=O)(=O)c2cc(F)c(C(=O)NCC3CC3)cc2N(Cc2ccc(Cl)cc2)C1=O. The summed E-state index contributed by atoms with van der Waals surface area (Å²) in [6, 6.07) is 7.25. The second-order valence-electron chi connectivity index (χ2n) is 7.89. The first kappa shape index (κ1) is 24.4. The highest BCUT2D eigenvalue weighted by Crippen LogP contribution is 2.34. The van der Waals surface area contributed by atoms with E-state index in [4.69, 9.17) is 17.3 Å². The highest BCUT2D eigenvalue weighted by molar-refractivity contribution is 7.91. The number of hydrogen-bond acceptors (Lipinski definition) is 5. The van der Waals surface area contributed by atoms with Crippen molar-refractivity contribution in [2.75, 3.05) is 17.2 Å². The van der Waals surface area contributed by atoms with Gasteiger partial charge < -0.3 is 16.0 Å². The van der Waals surface area contributed by atoms with Gasteiger partial charge in [-0.05, 0) is 48.6 Å². The highest BCUT2D eigenvalue weighted by atomic mass is 35.5. The number of rotatable bonds is 5. The molecule has 0 aromatic heterocycles. The number of carbonyl (C=O) groups is 2. The summed E-state index contributed by atoms with van der Waals surface area (Å²) in [6.07, 6.45) is 2.01. The molecule has 0 unspecified atom stereocenters. The average Bonchev–Trinajstić information content (AvgIpc) is 3.55. The van der Waals surface area contributed by atoms with Crippen LogP contribution in [0.2, 0.25) is 5.02 Å². The van der Waals surface area contributed by atoms with Crippen LogP contribution in [0.1, 0.15) is 28.8 Å². The highest BCUT2D eigenvalue weighted by Gasteiger charge is 2.37. The summed E-state index contributed by atoms with van der Waals surface area (Å²) >= 11 is 5.91. The first-order valence-electron chi connectivity index (χ1n) is 9.81. The van der Waals surface area contributed by atoms with Crippen LogP contribution in [0.15, 0.2) is 41.3 Å². The molecule has 0 spiro atoms. The van der Waals surface area contributed by atoms with E-state index in [1.165, 1.54) is 4.90 Å². The predicted octanol–water partition coefficient (Wildman–Crippen LogP) is 2.69. The molecule has 1 saturated carbocycles. The normalized spacial score (nSPS) is 19.5. The van der Waals surface area contributed by atoms with Gasteiger partial charge in [0.2, 0.25) is 5.91 Å². The minimum Gasteiger partial charge on any atom is -0.352 e. The molecule has 7 nitrogen and oxygen atoms in total. The summed E-state index contributed by atoms with van der Waals surface area (Å²) in [7, 11) is -4.05. The lowest BCUT2D eigenvalue weighted by molar-refractivity contribution is -0.119. The molecule has 1 aliphatic carbocycles. The van der Waals surface area contributed by atoms with Gasteiger partial charge in [0.05, 0.1) is 34.5 Å². The number of carbonyl (C=O) groups excluding carboxylic acids is 2. The quantitative estimate of drug-likeness (QED) is 0.654. The van der Waals surface area contributed by atoms with Gasteiger partial charge in [-0.15, -0.1) is 12.4 Å². The van der Waals surface area contributed by atoms with Crippen molar-refractivity contribution in [3.05, 3.63) is 58.4 Å². The van der Waals surface area contributed by atoms with E-state index in [2.05, 4.69) is 5.32 Å². The summed E-state index contributed by atoms with van der Waals surface area (Å²) in [5, 5.41) is 3.17. The zero-order valence-corrected chi connectivity index (χ0v) is 19.3. The summed E-state index contributed by atoms with van der Waals surface area (Å²) in [6.45, 7) is 0.410. The minimum atomic E-state index is -4.05. The Bertz CT molecular complexity index is 1150. The van der Waals surface area contributed by atoms with Crippen LogP contribution in [0, 0.1) is 11.7 Å². The van der Waals surface area contributed by atoms with Gasteiger partial charge >= 0.3 is 0 Å². The summed E-state index contributed by atoms with van der Waals surface area (Å²) in [5.41, 5.74) is 6.14. The third-order valence-electron chi connectivity index (χ3n) is 5.40. The second kappa shape index (κ2) is 9.35. The molecule has 0 saturated heterocycles. The summed E-state index contributed by atoms with van der Waals surface area (Å²) < 4.78 is 40.4. The van der Waals surface area contributed by atoms with E-state index in [0.29, 0.717) is 23.0 Å². The van der Waals surface area contributed by atoms with Crippen LogP contribution in [-0.2, 0) is 21.2 Å². The third kappa shape index (κ3) is 5.06. The maximum absolute atomic E-state index is 14.8. The molecule has 172 valence electrons. The second-order valence-corrected chi connectivity index (χ2v) is 10.3. The van der Waals surface area contributed by atoms with Gasteiger partial charge in [-0.2, -0.15) is 0 Å². The van der Waals surface area contributed by atoms with E-state index in [1.807, 2.05) is 0 Å². The number of nitrogens with two attached hydrogens (primary N) is 1. The Morgan fingerprint density at radius 3 is 2.50 bits per heavy atom. The van der Waals surface area contributed by atoms with Crippen LogP contribution in [0.5, 0.6) is 0 Å². The van der Waals surface area contributed by atoms with Gasteiger partial charge in [-0.3, -0.25) is 9.59 Å². The van der Waals surface area contributed by atoms with Crippen molar-refractivity contribution in [2.24, 2.45) is 11.7 Å². The number of sulfone groups is 1. The summed E-state index contributed by atoms with van der Waals surface area (Å²) in [4.78, 5) is 26.3. The molecule has 11 heteroatoms. The van der Waals surface area contributed by atoms with Crippen molar-refractivity contribution < 1.29 is 22.4 Å². The average molecular weight is 502 g/mol. The van der Waals surface area contributed by atoms with Crippen molar-refractivity contribution in [3.63, 3.8) is 0 Å². The van der Waals surface area contributed by atoms with E-state index in [0.717, 1.165) is 25.0 Å². The summed E-state index contributed by atoms with van der Waals surface area (Å²) in [5.74, 6) is -2.52. The fraction of sp³-hybridized carbons (Fsp3) is 0.333. The van der Waals surface area contributed by atoms with Gasteiger partial charge in [0, 0.05) is 11.6 Å². The number of fused-ring (bicyclic) bond motifs is 1. The first-order chi connectivity index (χ1) is 14.7. The standard InChI is InChI=1S/C21H21ClFN3O4S.ClH/c22-14-5-3-13(4-6-14)10-26-18-7-15(20(27)25-9-12-1-2-12)16(23)8-19(18)31(29,30)11-17(24)21(26)28;/h3-8,12,17H,1-2,9-11,24H2,(H,25,27);1H/t17-;/m0./s1. The molecule has 2 amide bonds. The Hall–Kier alpha value is -2.20. The van der Waals surface area contributed by atoms with Crippen molar-refractivity contribution in [2.45, 2.75) is 30.3 Å². The van der Waals surface area contributed by atoms with Gasteiger partial charge in [0.1, 0.15) is 5.82 Å². The molecule has 2 aliphatic rings. The van der Waals surface area contributed by atoms with Crippen molar-refractivity contribution in [3.8, 4) is 0 Å². The smallest absolute Gasteiger partial charge is 0.254 e. The predicted molar refractivity (Wildman–Crippen MR) is 121 cm³/mol. The van der Waals surface area contributed by atoms with Crippen LogP contribution in [0.4, 0.5) is 10.1 Å². The van der Waals surface area contributed by atoms with Gasteiger partial charge in [-0.25, -0.2) is 12.8 Å². The number of hydrogen-bond donors (Lipinski definition) is 2. The molecule has 1 heterocycles. The number of nitrogens with zero attached hydrogens (tertiary/aromatic N) is 1. The van der Waals surface area contributed by atoms with Crippen LogP contribution in [0.25, 0.3) is 0 Å². The first-order valence-corrected chi connectivity index (χ1v) is 11.8. The number of benzene rings is 2. The Kier molecular flexibility index (Phi) is 7.14. The monoisotopic (exact) mass is 501 g/mol. The minimum absolute atomic E-state index is 0. The lowest BCUT2D eigenvalue weighted by atomic mass is 10.1. The Morgan fingerprint density at radius 2 is 1.88 bits per heavy atom. The molecule has 4 rings (SSSR count). The Labute approximate surface area is 196 Å². The largest absolute Gasteiger partial charge is 0.352 e. The van der Waals surface area contributed by atoms with E-state index in [-0.39, 0.29) is 35.1 Å². The van der Waals surface area contributed by atoms with Gasteiger partial charge in [0.25, 0.3) is 5.91 Å². The molecule has 0 bridgehead atoms. The van der Waals surface area contributed by atoms with Crippen LogP contribution < -0.4 is 16.0 Å². The fourth-order valence-corrected chi connectivity index (χ4v) is 5.18. The van der Waals surface area contributed by atoms with Gasteiger partial charge in [-0.1, -0.05) is 23.7 Å². The van der Waals surface area contributed by atoms with Crippen LogP contribution in [0.3, 0.4) is 0 Å². The lowest BCUT2D eigenvalue weighted by Crippen LogP contribution is -2.45. The zero-order chi connectivity index (χ0) is 22.3. The molecule has 0 radical (unpaired) electrons. The van der Waals surface area contributed by atoms with Crippen molar-refractivity contribution >= 4 is 51.3 Å². The molecule has 2 aromatic carbocycles. The van der Waals surface area contributed by atoms with Crippen molar-refractivity contribution in [1.29, 1.82) is 0 Å². The fourth-order valence-electron chi connectivity index (χ4n) is 3.48. The molecular formula is C21H22Cl2FN3O4S. The molecule has 1 aliphatic heterocycles. The topological polar surface area (TPSA) is 110 Å². The number of anilines is 1. The Balaban J connectivity index is 0.00000289. The molecule has 3 N–H and O–H groups in total. The number of halogens is 3. The van der Waals surface area contributed by atoms with E-state index < -0.39 is 39.3 Å². The zero-order valence-electron chi connectivity index (χ0n) is 16.9. The van der Waals surface area contributed by atoms with Crippen molar-refractivity contribution in [1.82, 2.24) is 5.32 Å². The lowest BCUT2D eigenvalue weighted by Gasteiger charge is -2.25. The molecule has 32 heavy (non-hydrogen) atoms. The maximum Gasteiger partial charge on any atom is 0.254 e. The number of amides is 2. The number of nitrogens with one attached hydrogen (secondary N) is 1.